The topological polar surface area (TPSA) is 92.6 Å². The second-order valence-electron chi connectivity index (χ2n) is 5.64. The lowest BCUT2D eigenvalue weighted by Crippen LogP contribution is -2.44. The quantitative estimate of drug-likeness (QED) is 0.366. The summed E-state index contributed by atoms with van der Waals surface area (Å²) in [5, 5.41) is 12.1. The van der Waals surface area contributed by atoms with Gasteiger partial charge < -0.3 is 0 Å². The van der Waals surface area contributed by atoms with Gasteiger partial charge in [-0.1, -0.05) is 41.6 Å². The molecule has 0 spiro atoms. The Balaban J connectivity index is 1.82. The molecule has 2 amide bonds. The van der Waals surface area contributed by atoms with Crippen LogP contribution in [0.3, 0.4) is 0 Å². The largest absolute Gasteiger partial charge is 0.285 e. The summed E-state index contributed by atoms with van der Waals surface area (Å²) in [5.41, 5.74) is 4.03. The Labute approximate surface area is 164 Å². The molecule has 0 atom stereocenters. The van der Waals surface area contributed by atoms with Crippen molar-refractivity contribution < 1.29 is 14.5 Å². The molecule has 0 unspecified atom stereocenters. The van der Waals surface area contributed by atoms with Crippen LogP contribution in [0.15, 0.2) is 53.4 Å². The van der Waals surface area contributed by atoms with Gasteiger partial charge >= 0.3 is 0 Å². The number of amides is 2. The number of hydrogen-bond acceptors (Lipinski definition) is 6. The number of hydrogen-bond donors (Lipinski definition) is 1. The third-order valence-electron chi connectivity index (χ3n) is 3.74. The maximum Gasteiger partial charge on any atom is 0.285 e. The van der Waals surface area contributed by atoms with Crippen molar-refractivity contribution in [2.45, 2.75) is 6.92 Å². The predicted molar refractivity (Wildman–Crippen MR) is 107 cm³/mol. The van der Waals surface area contributed by atoms with E-state index in [4.69, 9.17) is 12.2 Å². The molecule has 0 aromatic heterocycles. The highest BCUT2D eigenvalue weighted by Crippen LogP contribution is 2.33. The molecule has 27 heavy (non-hydrogen) atoms. The van der Waals surface area contributed by atoms with Gasteiger partial charge in [-0.15, -0.1) is 0 Å². The first-order chi connectivity index (χ1) is 12.9. The van der Waals surface area contributed by atoms with Crippen LogP contribution < -0.4 is 5.43 Å². The molecule has 1 fully saturated rings. The van der Waals surface area contributed by atoms with Gasteiger partial charge in [-0.25, -0.2) is 0 Å². The van der Waals surface area contributed by atoms with Crippen LogP contribution in [0, 0.1) is 17.0 Å². The molecule has 3 rings (SSSR count). The van der Waals surface area contributed by atoms with Gasteiger partial charge in [0.2, 0.25) is 0 Å². The molecule has 1 aliphatic heterocycles. The molecule has 0 radical (unpaired) electrons. The van der Waals surface area contributed by atoms with Crippen LogP contribution in [0.1, 0.15) is 21.5 Å². The number of nitrogens with one attached hydrogen (secondary N) is 1. The first kappa shape index (κ1) is 18.7. The lowest BCUT2D eigenvalue weighted by atomic mass is 10.1. The highest BCUT2D eigenvalue weighted by atomic mass is 32.2. The Hall–Kier alpha value is -3.04. The van der Waals surface area contributed by atoms with E-state index in [1.165, 1.54) is 18.2 Å². The van der Waals surface area contributed by atoms with Crippen molar-refractivity contribution in [2.75, 3.05) is 0 Å². The molecule has 0 bridgehead atoms. The van der Waals surface area contributed by atoms with Gasteiger partial charge in [0.05, 0.1) is 15.4 Å². The van der Waals surface area contributed by atoms with Crippen molar-refractivity contribution in [1.82, 2.24) is 10.4 Å². The van der Waals surface area contributed by atoms with Gasteiger partial charge in [-0.05, 0) is 43.4 Å². The lowest BCUT2D eigenvalue weighted by molar-refractivity contribution is -0.385. The summed E-state index contributed by atoms with van der Waals surface area (Å²) in [7, 11) is 0. The number of thioether (sulfide) groups is 1. The maximum atomic E-state index is 12.6. The van der Waals surface area contributed by atoms with E-state index in [1.54, 1.807) is 36.4 Å². The number of para-hydroxylation sites is 1. The normalized spacial score (nSPS) is 15.3. The average molecular weight is 399 g/mol. The number of aryl methyl sites for hydroxylation is 1. The summed E-state index contributed by atoms with van der Waals surface area (Å²) >= 11 is 6.13. The van der Waals surface area contributed by atoms with Gasteiger partial charge in [0.15, 0.2) is 4.32 Å². The summed E-state index contributed by atoms with van der Waals surface area (Å²) in [4.78, 5) is 35.7. The Morgan fingerprint density at radius 1 is 1.22 bits per heavy atom. The SMILES string of the molecule is Cc1ccc(C(=O)NN2C(=O)C(=Cc3ccccc3[N+](=O)[O-])SC2=S)cc1. The number of carbonyl (C=O) groups is 2. The van der Waals surface area contributed by atoms with Crippen LogP contribution >= 0.6 is 24.0 Å². The van der Waals surface area contributed by atoms with E-state index in [0.29, 0.717) is 5.56 Å². The van der Waals surface area contributed by atoms with Gasteiger partial charge in [0, 0.05) is 11.6 Å². The maximum absolute atomic E-state index is 12.6. The van der Waals surface area contributed by atoms with Gasteiger partial charge in [-0.3, -0.25) is 25.1 Å². The molecule has 1 heterocycles. The fraction of sp³-hybridized carbons (Fsp3) is 0.0556. The zero-order chi connectivity index (χ0) is 19.6. The molecule has 1 saturated heterocycles. The zero-order valence-corrected chi connectivity index (χ0v) is 15.7. The molecule has 2 aromatic rings. The van der Waals surface area contributed by atoms with Crippen LogP contribution in [0.5, 0.6) is 0 Å². The number of nitro groups is 1. The number of nitrogens with zero attached hydrogens (tertiary/aromatic N) is 2. The van der Waals surface area contributed by atoms with Crippen LogP contribution in [-0.2, 0) is 4.79 Å². The molecular formula is C18H13N3O4S2. The van der Waals surface area contributed by atoms with E-state index >= 15 is 0 Å². The van der Waals surface area contributed by atoms with E-state index in [1.807, 2.05) is 6.92 Å². The Morgan fingerprint density at radius 3 is 2.56 bits per heavy atom. The second kappa shape index (κ2) is 7.68. The first-order valence-corrected chi connectivity index (χ1v) is 8.98. The number of carbonyl (C=O) groups excluding carboxylic acids is 2. The van der Waals surface area contributed by atoms with Crippen LogP contribution in [0.2, 0.25) is 0 Å². The number of thiocarbonyl (C=S) groups is 1. The van der Waals surface area contributed by atoms with Crippen LogP contribution in [-0.4, -0.2) is 26.1 Å². The van der Waals surface area contributed by atoms with Crippen LogP contribution in [0.25, 0.3) is 6.08 Å². The van der Waals surface area contributed by atoms with Crippen molar-refractivity contribution in [3.8, 4) is 0 Å². The first-order valence-electron chi connectivity index (χ1n) is 7.76. The lowest BCUT2D eigenvalue weighted by Gasteiger charge is -2.15. The molecule has 0 aliphatic carbocycles. The van der Waals surface area contributed by atoms with Crippen molar-refractivity contribution >= 4 is 51.9 Å². The Kier molecular flexibility index (Phi) is 5.33. The van der Waals surface area contributed by atoms with Crippen molar-refractivity contribution in [3.63, 3.8) is 0 Å². The average Bonchev–Trinajstić information content (AvgIpc) is 2.90. The third-order valence-corrected chi connectivity index (χ3v) is 5.04. The molecule has 1 aliphatic rings. The summed E-state index contributed by atoms with van der Waals surface area (Å²) in [6.07, 6.45) is 1.40. The molecule has 1 N–H and O–H groups in total. The monoisotopic (exact) mass is 399 g/mol. The van der Waals surface area contributed by atoms with Crippen molar-refractivity contribution in [1.29, 1.82) is 0 Å². The smallest absolute Gasteiger partial charge is 0.267 e. The molecule has 7 nitrogen and oxygen atoms in total. The van der Waals surface area contributed by atoms with E-state index < -0.39 is 16.7 Å². The highest BCUT2D eigenvalue weighted by Gasteiger charge is 2.34. The summed E-state index contributed by atoms with van der Waals surface area (Å²) in [6.45, 7) is 1.90. The summed E-state index contributed by atoms with van der Waals surface area (Å²) in [5.74, 6) is -1.01. The molecular weight excluding hydrogens is 386 g/mol. The number of benzene rings is 2. The summed E-state index contributed by atoms with van der Waals surface area (Å²) < 4.78 is 0.144. The highest BCUT2D eigenvalue weighted by molar-refractivity contribution is 8.26. The minimum absolute atomic E-state index is 0.119. The molecule has 9 heteroatoms. The fourth-order valence-corrected chi connectivity index (χ4v) is 3.52. The predicted octanol–water partition coefficient (Wildman–Crippen LogP) is 3.45. The molecule has 0 saturated carbocycles. The summed E-state index contributed by atoms with van der Waals surface area (Å²) in [6, 6.07) is 12.9. The van der Waals surface area contributed by atoms with E-state index in [9.17, 15) is 19.7 Å². The van der Waals surface area contributed by atoms with Gasteiger partial charge in [0.1, 0.15) is 0 Å². The Morgan fingerprint density at radius 2 is 1.89 bits per heavy atom. The number of hydrazine groups is 1. The zero-order valence-electron chi connectivity index (χ0n) is 14.0. The number of rotatable bonds is 4. The van der Waals surface area contributed by atoms with Crippen molar-refractivity contribution in [3.05, 3.63) is 80.2 Å². The van der Waals surface area contributed by atoms with Crippen LogP contribution in [0.4, 0.5) is 5.69 Å². The number of nitro benzene ring substituents is 1. The minimum atomic E-state index is -0.538. The van der Waals surface area contributed by atoms with E-state index in [-0.39, 0.29) is 20.5 Å². The van der Waals surface area contributed by atoms with Crippen molar-refractivity contribution in [2.24, 2.45) is 0 Å². The minimum Gasteiger partial charge on any atom is -0.267 e. The standard InChI is InChI=1S/C18H13N3O4S2/c1-11-6-8-12(9-7-11)16(22)19-20-17(23)15(27-18(20)26)10-13-4-2-3-5-14(13)21(24)25/h2-10H,1H3,(H,19,22). The van der Waals surface area contributed by atoms with E-state index in [2.05, 4.69) is 5.43 Å². The Bertz CT molecular complexity index is 986. The third kappa shape index (κ3) is 4.04. The fourth-order valence-electron chi connectivity index (χ4n) is 2.35. The second-order valence-corrected chi connectivity index (χ2v) is 7.32. The van der Waals surface area contributed by atoms with Gasteiger partial charge in [0.25, 0.3) is 17.5 Å². The van der Waals surface area contributed by atoms with E-state index in [0.717, 1.165) is 22.3 Å². The molecule has 2 aromatic carbocycles. The molecule has 136 valence electrons. The van der Waals surface area contributed by atoms with Gasteiger partial charge in [-0.2, -0.15) is 5.01 Å².